The number of benzene rings is 1. The normalized spacial score (nSPS) is 11.0. The Morgan fingerprint density at radius 3 is 2.88 bits per heavy atom. The zero-order valence-electron chi connectivity index (χ0n) is 12.6. The van der Waals surface area contributed by atoms with E-state index in [4.69, 9.17) is 4.42 Å². The first-order valence-corrected chi connectivity index (χ1v) is 9.16. The maximum absolute atomic E-state index is 5.53. The van der Waals surface area contributed by atoms with Crippen molar-refractivity contribution in [2.75, 3.05) is 0 Å². The molecule has 0 saturated heterocycles. The van der Waals surface area contributed by atoms with Crippen LogP contribution in [0.3, 0.4) is 0 Å². The highest BCUT2D eigenvalue weighted by Crippen LogP contribution is 2.26. The fourth-order valence-corrected chi connectivity index (χ4v) is 3.59. The summed E-state index contributed by atoms with van der Waals surface area (Å²) >= 11 is 3.15. The van der Waals surface area contributed by atoms with Crippen LogP contribution < -0.4 is 0 Å². The Labute approximate surface area is 146 Å². The van der Waals surface area contributed by atoms with Gasteiger partial charge in [-0.2, -0.15) is 0 Å². The van der Waals surface area contributed by atoms with Crippen LogP contribution in [0.15, 0.2) is 63.7 Å². The number of tetrazole rings is 1. The molecule has 1 aromatic carbocycles. The van der Waals surface area contributed by atoms with Gasteiger partial charge in [-0.3, -0.25) is 0 Å². The number of thioether (sulfide) groups is 1. The second kappa shape index (κ2) is 6.98. The van der Waals surface area contributed by atoms with Gasteiger partial charge in [-0.15, -0.1) is 16.4 Å². The summed E-state index contributed by atoms with van der Waals surface area (Å²) in [6, 6.07) is 14.1. The predicted molar refractivity (Wildman–Crippen MR) is 92.7 cm³/mol. The first-order valence-electron chi connectivity index (χ1n) is 7.29. The number of rotatable bonds is 6. The van der Waals surface area contributed by atoms with Gasteiger partial charge in [0.25, 0.3) is 0 Å². The summed E-state index contributed by atoms with van der Waals surface area (Å²) in [4.78, 5) is 5.54. The third-order valence-electron chi connectivity index (χ3n) is 3.31. The second-order valence-corrected chi connectivity index (χ2v) is 6.90. The third-order valence-corrected chi connectivity index (χ3v) is 5.16. The van der Waals surface area contributed by atoms with Gasteiger partial charge in [-0.25, -0.2) is 9.67 Å². The molecule has 0 aliphatic carbocycles. The van der Waals surface area contributed by atoms with Crippen molar-refractivity contribution in [3.63, 3.8) is 0 Å². The lowest BCUT2D eigenvalue weighted by atomic mass is 10.2. The van der Waals surface area contributed by atoms with E-state index >= 15 is 0 Å². The summed E-state index contributed by atoms with van der Waals surface area (Å²) in [5.41, 5.74) is 2.03. The molecule has 0 amide bonds. The molecule has 24 heavy (non-hydrogen) atoms. The van der Waals surface area contributed by atoms with E-state index in [1.54, 1.807) is 34.0 Å². The fourth-order valence-electron chi connectivity index (χ4n) is 2.18. The molecule has 0 fully saturated rings. The minimum atomic E-state index is 0.648. The standard InChI is InChI=1S/C16H13N5OS2/c1-2-5-12(6-3-1)9-21-16(18-19-20-21)24-11-13-10-22-15(17-13)14-7-4-8-23-14/h1-8,10H,9,11H2. The molecule has 3 heterocycles. The molecule has 0 aliphatic rings. The number of hydrogen-bond donors (Lipinski definition) is 0. The Kier molecular flexibility index (Phi) is 4.39. The van der Waals surface area contributed by atoms with Crippen molar-refractivity contribution in [1.82, 2.24) is 25.2 Å². The van der Waals surface area contributed by atoms with Crippen LogP contribution in [0.1, 0.15) is 11.3 Å². The third kappa shape index (κ3) is 3.39. The molecule has 0 aliphatic heterocycles. The molecule has 0 atom stereocenters. The van der Waals surface area contributed by atoms with E-state index in [-0.39, 0.29) is 0 Å². The molecule has 0 N–H and O–H groups in total. The highest BCUT2D eigenvalue weighted by molar-refractivity contribution is 7.98. The lowest BCUT2D eigenvalue weighted by molar-refractivity contribution is 0.575. The van der Waals surface area contributed by atoms with E-state index in [2.05, 4.69) is 32.6 Å². The molecule has 3 aromatic heterocycles. The fraction of sp³-hybridized carbons (Fsp3) is 0.125. The minimum absolute atomic E-state index is 0.648. The first-order chi connectivity index (χ1) is 11.9. The number of nitrogens with zero attached hydrogens (tertiary/aromatic N) is 5. The van der Waals surface area contributed by atoms with Crippen LogP contribution in [0.5, 0.6) is 0 Å². The molecular formula is C16H13N5OS2. The quantitative estimate of drug-likeness (QED) is 0.491. The summed E-state index contributed by atoms with van der Waals surface area (Å²) < 4.78 is 7.32. The highest BCUT2D eigenvalue weighted by Gasteiger charge is 2.11. The van der Waals surface area contributed by atoms with E-state index in [9.17, 15) is 0 Å². The van der Waals surface area contributed by atoms with Crippen LogP contribution in [0.2, 0.25) is 0 Å². The molecular weight excluding hydrogens is 342 g/mol. The van der Waals surface area contributed by atoms with E-state index < -0.39 is 0 Å². The van der Waals surface area contributed by atoms with Crippen molar-refractivity contribution in [2.24, 2.45) is 0 Å². The largest absolute Gasteiger partial charge is 0.444 e. The number of hydrogen-bond acceptors (Lipinski definition) is 7. The van der Waals surface area contributed by atoms with Crippen LogP contribution in [0.4, 0.5) is 0 Å². The van der Waals surface area contributed by atoms with Crippen molar-refractivity contribution in [2.45, 2.75) is 17.5 Å². The Morgan fingerprint density at radius 2 is 2.04 bits per heavy atom. The van der Waals surface area contributed by atoms with Crippen molar-refractivity contribution >= 4 is 23.1 Å². The zero-order chi connectivity index (χ0) is 16.2. The summed E-state index contributed by atoms with van der Waals surface area (Å²) in [6.07, 6.45) is 1.69. The number of aromatic nitrogens is 5. The molecule has 120 valence electrons. The van der Waals surface area contributed by atoms with Crippen LogP contribution in [0, 0.1) is 0 Å². The average Bonchev–Trinajstić information content (AvgIpc) is 3.36. The molecule has 4 aromatic rings. The van der Waals surface area contributed by atoms with Gasteiger partial charge in [0, 0.05) is 5.75 Å². The SMILES string of the molecule is c1ccc(Cn2nnnc2SCc2coc(-c3cccs3)n2)cc1. The van der Waals surface area contributed by atoms with Gasteiger partial charge in [0.05, 0.1) is 17.1 Å². The van der Waals surface area contributed by atoms with Gasteiger partial charge in [-0.05, 0) is 27.4 Å². The molecule has 0 bridgehead atoms. The van der Waals surface area contributed by atoms with E-state index in [0.717, 1.165) is 21.3 Å². The lowest BCUT2D eigenvalue weighted by Crippen LogP contribution is -2.03. The van der Waals surface area contributed by atoms with Gasteiger partial charge in [0.1, 0.15) is 6.26 Å². The molecule has 8 heteroatoms. The van der Waals surface area contributed by atoms with Gasteiger partial charge in [0.2, 0.25) is 11.0 Å². The molecule has 6 nitrogen and oxygen atoms in total. The maximum atomic E-state index is 5.53. The Balaban J connectivity index is 1.43. The second-order valence-electron chi connectivity index (χ2n) is 5.01. The van der Waals surface area contributed by atoms with Crippen LogP contribution in [-0.4, -0.2) is 25.2 Å². The van der Waals surface area contributed by atoms with Crippen molar-refractivity contribution in [1.29, 1.82) is 0 Å². The summed E-state index contributed by atoms with van der Waals surface area (Å²) in [5, 5.41) is 14.7. The van der Waals surface area contributed by atoms with E-state index in [1.165, 1.54) is 0 Å². The topological polar surface area (TPSA) is 69.6 Å². The molecule has 0 radical (unpaired) electrons. The van der Waals surface area contributed by atoms with Crippen LogP contribution in [0.25, 0.3) is 10.8 Å². The van der Waals surface area contributed by atoms with Gasteiger partial charge >= 0.3 is 0 Å². The monoisotopic (exact) mass is 355 g/mol. The molecule has 4 rings (SSSR count). The van der Waals surface area contributed by atoms with Gasteiger partial charge in [-0.1, -0.05) is 48.2 Å². The zero-order valence-corrected chi connectivity index (χ0v) is 14.2. The number of oxazole rings is 1. The van der Waals surface area contributed by atoms with Crippen molar-refractivity contribution in [3.05, 3.63) is 65.4 Å². The average molecular weight is 355 g/mol. The highest BCUT2D eigenvalue weighted by atomic mass is 32.2. The predicted octanol–water partition coefficient (Wildman–Crippen LogP) is 3.73. The smallest absolute Gasteiger partial charge is 0.236 e. The van der Waals surface area contributed by atoms with E-state index in [1.807, 2.05) is 35.7 Å². The van der Waals surface area contributed by atoms with Crippen LogP contribution >= 0.6 is 23.1 Å². The van der Waals surface area contributed by atoms with Crippen molar-refractivity contribution < 1.29 is 4.42 Å². The number of thiophene rings is 1. The van der Waals surface area contributed by atoms with Gasteiger partial charge < -0.3 is 4.42 Å². The Hall–Kier alpha value is -2.45. The lowest BCUT2D eigenvalue weighted by Gasteiger charge is -2.03. The summed E-state index contributed by atoms with van der Waals surface area (Å²) in [6.45, 7) is 0.648. The Morgan fingerprint density at radius 1 is 1.12 bits per heavy atom. The maximum Gasteiger partial charge on any atom is 0.236 e. The van der Waals surface area contributed by atoms with Gasteiger partial charge in [0.15, 0.2) is 0 Å². The first kappa shape index (κ1) is 15.1. The minimum Gasteiger partial charge on any atom is -0.444 e. The Bertz CT molecular complexity index is 902. The summed E-state index contributed by atoms with van der Waals surface area (Å²) in [5.74, 6) is 1.31. The van der Waals surface area contributed by atoms with Crippen LogP contribution in [-0.2, 0) is 12.3 Å². The van der Waals surface area contributed by atoms with E-state index in [0.29, 0.717) is 18.2 Å². The molecule has 0 unspecified atom stereocenters. The molecule has 0 saturated carbocycles. The molecule has 0 spiro atoms. The summed E-state index contributed by atoms with van der Waals surface area (Å²) in [7, 11) is 0. The van der Waals surface area contributed by atoms with Crippen molar-refractivity contribution in [3.8, 4) is 10.8 Å².